The molecular formula is C21H30Cl2N2O. The molecule has 0 amide bonds. The van der Waals surface area contributed by atoms with Crippen LogP contribution in [0, 0.1) is 0 Å². The van der Waals surface area contributed by atoms with Crippen molar-refractivity contribution in [2.45, 2.75) is 24.7 Å². The van der Waals surface area contributed by atoms with Crippen LogP contribution in [0.15, 0.2) is 54.6 Å². The smallest absolute Gasteiger partial charge is 0.118 e. The van der Waals surface area contributed by atoms with Gasteiger partial charge in [-0.1, -0.05) is 42.5 Å². The van der Waals surface area contributed by atoms with E-state index in [0.717, 1.165) is 51.2 Å². The van der Waals surface area contributed by atoms with E-state index in [2.05, 4.69) is 47.4 Å². The molecule has 0 bridgehead atoms. The second kappa shape index (κ2) is 10.8. The van der Waals surface area contributed by atoms with Crippen LogP contribution < -0.4 is 10.5 Å². The van der Waals surface area contributed by atoms with Crippen LogP contribution in [-0.4, -0.2) is 38.2 Å². The van der Waals surface area contributed by atoms with Crippen molar-refractivity contribution in [2.24, 2.45) is 5.73 Å². The Labute approximate surface area is 169 Å². The molecule has 1 fully saturated rings. The number of ether oxygens (including phenoxy) is 1. The number of nitrogens with zero attached hydrogens (tertiary/aromatic N) is 1. The van der Waals surface area contributed by atoms with Gasteiger partial charge < -0.3 is 15.4 Å². The van der Waals surface area contributed by atoms with Crippen LogP contribution in [0.5, 0.6) is 5.75 Å². The average Bonchev–Trinajstić information content (AvgIpc) is 2.68. The highest BCUT2D eigenvalue weighted by molar-refractivity contribution is 5.85. The van der Waals surface area contributed by atoms with Gasteiger partial charge in [-0.2, -0.15) is 0 Å². The zero-order valence-corrected chi connectivity index (χ0v) is 17.0. The Morgan fingerprint density at radius 3 is 2.12 bits per heavy atom. The zero-order chi connectivity index (χ0) is 16.8. The Morgan fingerprint density at radius 2 is 1.58 bits per heavy atom. The van der Waals surface area contributed by atoms with Gasteiger partial charge in [0.05, 0.1) is 7.11 Å². The van der Waals surface area contributed by atoms with Gasteiger partial charge in [-0.05, 0) is 55.6 Å². The summed E-state index contributed by atoms with van der Waals surface area (Å²) in [6, 6.07) is 19.2. The molecule has 3 nitrogen and oxygen atoms in total. The van der Waals surface area contributed by atoms with Crippen molar-refractivity contribution in [2.75, 3.05) is 33.3 Å². The van der Waals surface area contributed by atoms with E-state index in [-0.39, 0.29) is 30.2 Å². The number of rotatable bonds is 6. The van der Waals surface area contributed by atoms with Crippen LogP contribution in [0.3, 0.4) is 0 Å². The van der Waals surface area contributed by atoms with Gasteiger partial charge in [0.15, 0.2) is 0 Å². The van der Waals surface area contributed by atoms with Crippen LogP contribution in [0.4, 0.5) is 0 Å². The molecule has 0 spiro atoms. The number of methoxy groups -OCH3 is 1. The number of hydrogen-bond acceptors (Lipinski definition) is 3. The molecule has 3 rings (SSSR count). The van der Waals surface area contributed by atoms with Gasteiger partial charge in [-0.3, -0.25) is 0 Å². The fourth-order valence-corrected chi connectivity index (χ4v) is 3.69. The highest BCUT2D eigenvalue weighted by Crippen LogP contribution is 2.34. The molecule has 144 valence electrons. The Hall–Kier alpha value is -1.26. The van der Waals surface area contributed by atoms with Crippen LogP contribution in [0.2, 0.25) is 0 Å². The Bertz CT molecular complexity index is 626. The summed E-state index contributed by atoms with van der Waals surface area (Å²) in [5.41, 5.74) is 9.12. The van der Waals surface area contributed by atoms with Gasteiger partial charge in [0, 0.05) is 18.5 Å². The molecule has 2 aromatic carbocycles. The molecule has 0 aromatic heterocycles. The quantitative estimate of drug-likeness (QED) is 0.799. The number of piperidine rings is 1. The van der Waals surface area contributed by atoms with E-state index >= 15 is 0 Å². The molecule has 0 aliphatic carbocycles. The lowest BCUT2D eigenvalue weighted by atomic mass is 9.73. The largest absolute Gasteiger partial charge is 0.497 e. The highest BCUT2D eigenvalue weighted by atomic mass is 35.5. The van der Waals surface area contributed by atoms with Crippen molar-refractivity contribution in [3.63, 3.8) is 0 Å². The summed E-state index contributed by atoms with van der Waals surface area (Å²) in [4.78, 5) is 2.57. The minimum absolute atomic E-state index is 0. The van der Waals surface area contributed by atoms with Crippen LogP contribution in [0.25, 0.3) is 0 Å². The van der Waals surface area contributed by atoms with E-state index in [4.69, 9.17) is 10.5 Å². The van der Waals surface area contributed by atoms with E-state index in [9.17, 15) is 0 Å². The molecule has 26 heavy (non-hydrogen) atoms. The van der Waals surface area contributed by atoms with Gasteiger partial charge in [-0.15, -0.1) is 24.8 Å². The highest BCUT2D eigenvalue weighted by Gasteiger charge is 2.34. The van der Waals surface area contributed by atoms with Crippen molar-refractivity contribution in [3.8, 4) is 5.75 Å². The average molecular weight is 397 g/mol. The first-order chi connectivity index (χ1) is 11.8. The molecule has 5 heteroatoms. The zero-order valence-electron chi connectivity index (χ0n) is 15.4. The summed E-state index contributed by atoms with van der Waals surface area (Å²) >= 11 is 0. The van der Waals surface area contributed by atoms with Crippen LogP contribution >= 0.6 is 24.8 Å². The summed E-state index contributed by atoms with van der Waals surface area (Å²) in [7, 11) is 1.71. The molecular weight excluding hydrogens is 367 g/mol. The first-order valence-corrected chi connectivity index (χ1v) is 8.87. The van der Waals surface area contributed by atoms with E-state index in [0.29, 0.717) is 0 Å². The third kappa shape index (κ3) is 5.37. The molecule has 1 aliphatic rings. The minimum Gasteiger partial charge on any atom is -0.497 e. The number of hydrogen-bond donors (Lipinski definition) is 1. The van der Waals surface area contributed by atoms with Crippen molar-refractivity contribution in [3.05, 3.63) is 65.7 Å². The van der Waals surface area contributed by atoms with E-state index in [1.807, 2.05) is 12.1 Å². The summed E-state index contributed by atoms with van der Waals surface area (Å²) < 4.78 is 5.22. The molecule has 1 heterocycles. The van der Waals surface area contributed by atoms with E-state index < -0.39 is 0 Å². The van der Waals surface area contributed by atoms with Crippen molar-refractivity contribution in [1.82, 2.24) is 4.90 Å². The monoisotopic (exact) mass is 396 g/mol. The molecule has 0 saturated carbocycles. The maximum atomic E-state index is 6.18. The van der Waals surface area contributed by atoms with Gasteiger partial charge in [0.2, 0.25) is 0 Å². The lowest BCUT2D eigenvalue weighted by Crippen LogP contribution is -2.47. The maximum Gasteiger partial charge on any atom is 0.118 e. The molecule has 0 radical (unpaired) electrons. The third-order valence-corrected chi connectivity index (χ3v) is 5.47. The molecule has 1 aliphatic heterocycles. The number of nitrogens with two attached hydrogens (primary N) is 1. The van der Waals surface area contributed by atoms with Crippen molar-refractivity contribution in [1.29, 1.82) is 0 Å². The second-order valence-electron chi connectivity index (χ2n) is 6.79. The normalized spacial score (nSPS) is 16.2. The molecule has 2 N–H and O–H groups in total. The Morgan fingerprint density at radius 1 is 0.962 bits per heavy atom. The second-order valence-corrected chi connectivity index (χ2v) is 6.79. The van der Waals surface area contributed by atoms with Crippen LogP contribution in [-0.2, 0) is 11.8 Å². The minimum atomic E-state index is 0. The fourth-order valence-electron chi connectivity index (χ4n) is 3.69. The molecule has 1 saturated heterocycles. The third-order valence-electron chi connectivity index (χ3n) is 5.47. The first kappa shape index (κ1) is 22.8. The van der Waals surface area contributed by atoms with Crippen molar-refractivity contribution >= 4 is 24.8 Å². The topological polar surface area (TPSA) is 38.5 Å². The van der Waals surface area contributed by atoms with E-state index in [1.165, 1.54) is 11.1 Å². The standard InChI is InChI=1S/C21H28N2O.2ClH/c1-24-20-9-7-18(8-10-20)11-14-23-15-12-21(17-22,13-16-23)19-5-3-2-4-6-19;;/h2-10H,11-17,22H2,1H3;2*1H. The fraction of sp³-hybridized carbons (Fsp3) is 0.429. The van der Waals surface area contributed by atoms with E-state index in [1.54, 1.807) is 7.11 Å². The van der Waals surface area contributed by atoms with Gasteiger partial charge in [0.25, 0.3) is 0 Å². The lowest BCUT2D eigenvalue weighted by molar-refractivity contribution is 0.164. The Kier molecular flexibility index (Phi) is 9.45. The summed E-state index contributed by atoms with van der Waals surface area (Å²) in [5.74, 6) is 0.923. The van der Waals surface area contributed by atoms with Gasteiger partial charge in [0.1, 0.15) is 5.75 Å². The summed E-state index contributed by atoms with van der Waals surface area (Å²) in [6.45, 7) is 4.11. The predicted octanol–water partition coefficient (Wildman–Crippen LogP) is 4.07. The summed E-state index contributed by atoms with van der Waals surface area (Å²) in [5, 5.41) is 0. The lowest BCUT2D eigenvalue weighted by Gasteiger charge is -2.41. The first-order valence-electron chi connectivity index (χ1n) is 8.87. The summed E-state index contributed by atoms with van der Waals surface area (Å²) in [6.07, 6.45) is 3.39. The Balaban J connectivity index is 0.00000169. The number of likely N-dealkylation sites (tertiary alicyclic amines) is 1. The van der Waals surface area contributed by atoms with Gasteiger partial charge >= 0.3 is 0 Å². The predicted molar refractivity (Wildman–Crippen MR) is 114 cm³/mol. The van der Waals surface area contributed by atoms with Crippen LogP contribution in [0.1, 0.15) is 24.0 Å². The molecule has 0 atom stereocenters. The molecule has 0 unspecified atom stereocenters. The van der Waals surface area contributed by atoms with Gasteiger partial charge in [-0.25, -0.2) is 0 Å². The molecule has 2 aromatic rings. The maximum absolute atomic E-state index is 6.18. The van der Waals surface area contributed by atoms with Crippen molar-refractivity contribution < 1.29 is 4.74 Å². The number of benzene rings is 2. The number of halogens is 2. The SMILES string of the molecule is COc1ccc(CCN2CCC(CN)(c3ccccc3)CC2)cc1.Cl.Cl.